The SMILES string of the molecule is O=C(OCc1cn2cc(Cl)ccc2n1)c1ccc2c(c1)OCCO2. The average Bonchev–Trinajstić information content (AvgIpc) is 3.01. The van der Waals surface area contributed by atoms with E-state index in [0.29, 0.717) is 41.0 Å². The third-order valence-electron chi connectivity index (χ3n) is 3.59. The van der Waals surface area contributed by atoms with E-state index < -0.39 is 5.97 Å². The minimum atomic E-state index is -0.443. The Bertz CT molecular complexity index is 922. The van der Waals surface area contributed by atoms with Crippen molar-refractivity contribution in [3.63, 3.8) is 0 Å². The highest BCUT2D eigenvalue weighted by Gasteiger charge is 2.16. The lowest BCUT2D eigenvalue weighted by Gasteiger charge is -2.18. The molecule has 1 aliphatic rings. The second-order valence-corrected chi connectivity index (χ2v) is 5.72. The second kappa shape index (κ2) is 6.05. The molecule has 3 aromatic rings. The number of hydrogen-bond acceptors (Lipinski definition) is 5. The molecule has 3 heterocycles. The molecule has 0 aliphatic carbocycles. The van der Waals surface area contributed by atoms with E-state index in [1.54, 1.807) is 47.1 Å². The van der Waals surface area contributed by atoms with Crippen LogP contribution in [0.2, 0.25) is 5.02 Å². The number of rotatable bonds is 3. The molecular weight excluding hydrogens is 332 g/mol. The van der Waals surface area contributed by atoms with E-state index >= 15 is 0 Å². The summed E-state index contributed by atoms with van der Waals surface area (Å²) in [6, 6.07) is 8.54. The Labute approximate surface area is 142 Å². The van der Waals surface area contributed by atoms with Crippen LogP contribution in [0, 0.1) is 0 Å². The summed E-state index contributed by atoms with van der Waals surface area (Å²) in [6.07, 6.45) is 3.52. The summed E-state index contributed by atoms with van der Waals surface area (Å²) in [5.74, 6) is 0.746. The van der Waals surface area contributed by atoms with Crippen molar-refractivity contribution in [2.45, 2.75) is 6.61 Å². The van der Waals surface area contributed by atoms with E-state index in [1.165, 1.54) is 0 Å². The maximum atomic E-state index is 12.2. The zero-order valence-electron chi connectivity index (χ0n) is 12.6. The first kappa shape index (κ1) is 14.8. The zero-order chi connectivity index (χ0) is 16.5. The van der Waals surface area contributed by atoms with Crippen LogP contribution in [0.15, 0.2) is 42.7 Å². The first-order chi connectivity index (χ1) is 11.7. The molecule has 24 heavy (non-hydrogen) atoms. The Morgan fingerprint density at radius 2 is 2.00 bits per heavy atom. The zero-order valence-corrected chi connectivity index (χ0v) is 13.3. The van der Waals surface area contributed by atoms with Crippen LogP contribution in [0.1, 0.15) is 16.1 Å². The molecule has 4 rings (SSSR count). The Morgan fingerprint density at radius 3 is 2.88 bits per heavy atom. The summed E-state index contributed by atoms with van der Waals surface area (Å²) in [7, 11) is 0. The number of esters is 1. The lowest BCUT2D eigenvalue weighted by atomic mass is 10.2. The minimum absolute atomic E-state index is 0.0760. The molecule has 2 aromatic heterocycles. The van der Waals surface area contributed by atoms with Crippen molar-refractivity contribution in [1.29, 1.82) is 0 Å². The predicted molar refractivity (Wildman–Crippen MR) is 86.8 cm³/mol. The van der Waals surface area contributed by atoms with Gasteiger partial charge in [0.1, 0.15) is 25.5 Å². The molecule has 122 valence electrons. The third kappa shape index (κ3) is 2.88. The van der Waals surface area contributed by atoms with E-state index in [4.69, 9.17) is 25.8 Å². The van der Waals surface area contributed by atoms with Gasteiger partial charge in [-0.1, -0.05) is 11.6 Å². The molecule has 0 unspecified atom stereocenters. The Balaban J connectivity index is 1.47. The van der Waals surface area contributed by atoms with E-state index in [9.17, 15) is 4.79 Å². The highest BCUT2D eigenvalue weighted by atomic mass is 35.5. The van der Waals surface area contributed by atoms with Crippen LogP contribution in [-0.2, 0) is 11.3 Å². The molecule has 0 N–H and O–H groups in total. The molecule has 0 spiro atoms. The van der Waals surface area contributed by atoms with Gasteiger partial charge in [-0.25, -0.2) is 9.78 Å². The van der Waals surface area contributed by atoms with E-state index in [1.807, 2.05) is 0 Å². The molecule has 1 aromatic carbocycles. The number of aromatic nitrogens is 2. The maximum absolute atomic E-state index is 12.2. The monoisotopic (exact) mass is 344 g/mol. The van der Waals surface area contributed by atoms with Crippen molar-refractivity contribution in [1.82, 2.24) is 9.38 Å². The highest BCUT2D eigenvalue weighted by molar-refractivity contribution is 6.30. The number of pyridine rings is 1. The van der Waals surface area contributed by atoms with Gasteiger partial charge < -0.3 is 18.6 Å². The van der Waals surface area contributed by atoms with Crippen molar-refractivity contribution < 1.29 is 19.0 Å². The van der Waals surface area contributed by atoms with Crippen LogP contribution in [0.5, 0.6) is 11.5 Å². The fraction of sp³-hybridized carbons (Fsp3) is 0.176. The molecule has 0 fully saturated rings. The minimum Gasteiger partial charge on any atom is -0.486 e. The van der Waals surface area contributed by atoms with Crippen molar-refractivity contribution in [3.8, 4) is 11.5 Å². The number of nitrogens with zero attached hydrogens (tertiary/aromatic N) is 2. The second-order valence-electron chi connectivity index (χ2n) is 5.28. The summed E-state index contributed by atoms with van der Waals surface area (Å²) in [5, 5.41) is 0.611. The van der Waals surface area contributed by atoms with Crippen LogP contribution < -0.4 is 9.47 Å². The molecular formula is C17H13ClN2O4. The van der Waals surface area contributed by atoms with Crippen molar-refractivity contribution >= 4 is 23.2 Å². The Kier molecular flexibility index (Phi) is 3.74. The van der Waals surface area contributed by atoms with Crippen molar-refractivity contribution in [2.24, 2.45) is 0 Å². The fourth-order valence-corrected chi connectivity index (χ4v) is 2.65. The van der Waals surface area contributed by atoms with Gasteiger partial charge in [-0.05, 0) is 30.3 Å². The van der Waals surface area contributed by atoms with Gasteiger partial charge in [0.05, 0.1) is 16.3 Å². The molecule has 0 saturated heterocycles. The number of carbonyl (C=O) groups excluding carboxylic acids is 1. The van der Waals surface area contributed by atoms with E-state index in [0.717, 1.165) is 5.65 Å². The van der Waals surface area contributed by atoms with Gasteiger partial charge in [0.2, 0.25) is 0 Å². The molecule has 7 heteroatoms. The standard InChI is InChI=1S/C17H13ClN2O4/c18-12-2-4-16-19-13(9-20(16)8-12)10-24-17(21)11-1-3-14-15(7-11)23-6-5-22-14/h1-4,7-9H,5-6,10H2. The molecule has 0 radical (unpaired) electrons. The first-order valence-electron chi connectivity index (χ1n) is 7.39. The van der Waals surface area contributed by atoms with Crippen LogP contribution in [0.25, 0.3) is 5.65 Å². The van der Waals surface area contributed by atoms with Crippen molar-refractivity contribution in [2.75, 3.05) is 13.2 Å². The smallest absolute Gasteiger partial charge is 0.338 e. The summed E-state index contributed by atoms with van der Waals surface area (Å²) < 4.78 is 18.0. The van der Waals surface area contributed by atoms with Gasteiger partial charge in [0.15, 0.2) is 11.5 Å². The highest BCUT2D eigenvalue weighted by Crippen LogP contribution is 2.31. The van der Waals surface area contributed by atoms with E-state index in [-0.39, 0.29) is 6.61 Å². The van der Waals surface area contributed by atoms with Gasteiger partial charge in [-0.3, -0.25) is 0 Å². The van der Waals surface area contributed by atoms with Gasteiger partial charge in [0, 0.05) is 12.4 Å². The third-order valence-corrected chi connectivity index (χ3v) is 3.82. The Morgan fingerprint density at radius 1 is 1.17 bits per heavy atom. The van der Waals surface area contributed by atoms with Gasteiger partial charge >= 0.3 is 5.97 Å². The van der Waals surface area contributed by atoms with Gasteiger partial charge in [0.25, 0.3) is 0 Å². The van der Waals surface area contributed by atoms with Gasteiger partial charge in [-0.15, -0.1) is 0 Å². The molecule has 0 atom stereocenters. The number of halogens is 1. The largest absolute Gasteiger partial charge is 0.486 e. The topological polar surface area (TPSA) is 62.1 Å². The molecule has 1 aliphatic heterocycles. The lowest BCUT2D eigenvalue weighted by molar-refractivity contribution is 0.0467. The first-order valence-corrected chi connectivity index (χ1v) is 7.77. The summed E-state index contributed by atoms with van der Waals surface area (Å²) in [6.45, 7) is 1.05. The van der Waals surface area contributed by atoms with Crippen LogP contribution in [0.4, 0.5) is 0 Å². The average molecular weight is 345 g/mol. The predicted octanol–water partition coefficient (Wildman–Crippen LogP) is 3.12. The number of ether oxygens (including phenoxy) is 3. The number of imidazole rings is 1. The number of benzene rings is 1. The van der Waals surface area contributed by atoms with E-state index in [2.05, 4.69) is 4.98 Å². The molecule has 6 nitrogen and oxygen atoms in total. The number of carbonyl (C=O) groups is 1. The fourth-order valence-electron chi connectivity index (χ4n) is 2.48. The summed E-state index contributed by atoms with van der Waals surface area (Å²) >= 11 is 5.94. The number of fused-ring (bicyclic) bond motifs is 2. The quantitative estimate of drug-likeness (QED) is 0.683. The molecule has 0 bridgehead atoms. The van der Waals surface area contributed by atoms with Crippen LogP contribution >= 0.6 is 11.6 Å². The van der Waals surface area contributed by atoms with Gasteiger partial charge in [-0.2, -0.15) is 0 Å². The van der Waals surface area contributed by atoms with Crippen molar-refractivity contribution in [3.05, 3.63) is 59.0 Å². The summed E-state index contributed by atoms with van der Waals surface area (Å²) in [4.78, 5) is 16.6. The van der Waals surface area contributed by atoms with Crippen LogP contribution in [0.3, 0.4) is 0 Å². The molecule has 0 amide bonds. The maximum Gasteiger partial charge on any atom is 0.338 e. The normalized spacial score (nSPS) is 13.0. The summed E-state index contributed by atoms with van der Waals surface area (Å²) in [5.41, 5.74) is 1.79. The lowest BCUT2D eigenvalue weighted by Crippen LogP contribution is -2.16. The Hall–Kier alpha value is -2.73. The van der Waals surface area contributed by atoms with Crippen LogP contribution in [-0.4, -0.2) is 28.6 Å². The number of hydrogen-bond donors (Lipinski definition) is 0. The molecule has 0 saturated carbocycles.